The predicted molar refractivity (Wildman–Crippen MR) is 24.1 cm³/mol. The topological polar surface area (TPSA) is 30.5 Å². The van der Waals surface area contributed by atoms with Gasteiger partial charge in [0, 0.05) is 6.42 Å². The maximum atomic E-state index is 11.4. The first-order valence-electron chi connectivity index (χ1n) is 2.55. The third kappa shape index (κ3) is 2.51. The van der Waals surface area contributed by atoms with E-state index in [2.05, 4.69) is 15.1 Å². The van der Waals surface area contributed by atoms with Crippen molar-refractivity contribution in [2.75, 3.05) is 0 Å². The summed E-state index contributed by atoms with van der Waals surface area (Å²) in [5.74, 6) is 0. The average Bonchev–Trinajstić information content (AvgIpc) is 2.12. The molecule has 0 spiro atoms. The number of hydrogen-bond donors (Lipinski definition) is 1. The highest BCUT2D eigenvalue weighted by Crippen LogP contribution is 2.22. The summed E-state index contributed by atoms with van der Waals surface area (Å²) in [5.41, 5.74) is 2.14. The van der Waals surface area contributed by atoms with Gasteiger partial charge in [0.2, 0.25) is 0 Å². The molecule has 1 heterocycles. The van der Waals surface area contributed by atoms with Crippen molar-refractivity contribution in [3.8, 4) is 0 Å². The third-order valence-corrected chi connectivity index (χ3v) is 0.858. The van der Waals surface area contributed by atoms with Crippen molar-refractivity contribution in [1.82, 2.24) is 5.48 Å². The van der Waals surface area contributed by atoms with Gasteiger partial charge in [-0.1, -0.05) is 0 Å². The van der Waals surface area contributed by atoms with Gasteiger partial charge >= 0.3 is 6.36 Å². The van der Waals surface area contributed by atoms with Crippen LogP contribution in [0.2, 0.25) is 0 Å². The van der Waals surface area contributed by atoms with Crippen LogP contribution in [0.1, 0.15) is 6.42 Å². The van der Waals surface area contributed by atoms with E-state index >= 15 is 0 Å². The van der Waals surface area contributed by atoms with E-state index in [0.717, 1.165) is 0 Å². The zero-order valence-corrected chi connectivity index (χ0v) is 4.81. The smallest absolute Gasteiger partial charge is 0.269 e. The standard InChI is InChI=1S/C4H5F3NO2/c5-4(6,7)9-3-1-2-8-10-3/h2-3,8H,1H2. The number of nitrogens with one attached hydrogen (secondary N) is 1. The molecule has 1 radical (unpaired) electrons. The number of ether oxygens (including phenoxy) is 1. The van der Waals surface area contributed by atoms with Gasteiger partial charge in [0.1, 0.15) is 0 Å². The minimum atomic E-state index is -4.62. The third-order valence-electron chi connectivity index (χ3n) is 0.858. The quantitative estimate of drug-likeness (QED) is 0.612. The summed E-state index contributed by atoms with van der Waals surface area (Å²) in [7, 11) is 0. The second-order valence-electron chi connectivity index (χ2n) is 1.67. The van der Waals surface area contributed by atoms with Crippen LogP contribution in [-0.2, 0) is 9.57 Å². The normalized spacial score (nSPS) is 27.3. The first-order chi connectivity index (χ1) is 4.58. The van der Waals surface area contributed by atoms with Crippen LogP contribution in [0.4, 0.5) is 13.2 Å². The molecular weight excluding hydrogens is 151 g/mol. The number of hydrogen-bond acceptors (Lipinski definition) is 3. The highest BCUT2D eigenvalue weighted by atomic mass is 19.4. The molecular formula is C4H5F3NO2. The number of hydroxylamine groups is 1. The fourth-order valence-electron chi connectivity index (χ4n) is 0.538. The fourth-order valence-corrected chi connectivity index (χ4v) is 0.538. The van der Waals surface area contributed by atoms with Gasteiger partial charge in [-0.2, -0.15) is 5.48 Å². The summed E-state index contributed by atoms with van der Waals surface area (Å²) in [5, 5.41) is 0. The lowest BCUT2D eigenvalue weighted by atomic mass is 10.4. The van der Waals surface area contributed by atoms with E-state index in [-0.39, 0.29) is 6.42 Å². The summed E-state index contributed by atoms with van der Waals surface area (Å²) >= 11 is 0. The molecule has 3 nitrogen and oxygen atoms in total. The molecule has 0 aliphatic carbocycles. The molecule has 0 amide bonds. The lowest BCUT2D eigenvalue weighted by molar-refractivity contribution is -0.376. The minimum absolute atomic E-state index is 0.0967. The molecule has 1 fully saturated rings. The van der Waals surface area contributed by atoms with Crippen LogP contribution >= 0.6 is 0 Å². The van der Waals surface area contributed by atoms with E-state index in [1.54, 1.807) is 0 Å². The van der Waals surface area contributed by atoms with Gasteiger partial charge < -0.3 is 0 Å². The summed E-state index contributed by atoms with van der Waals surface area (Å²) < 4.78 is 37.6. The van der Waals surface area contributed by atoms with E-state index < -0.39 is 12.7 Å². The van der Waals surface area contributed by atoms with Gasteiger partial charge in [-0.25, -0.2) is 0 Å². The fraction of sp³-hybridized carbons (Fsp3) is 0.750. The van der Waals surface area contributed by atoms with Crippen LogP contribution in [-0.4, -0.2) is 12.7 Å². The highest BCUT2D eigenvalue weighted by Gasteiger charge is 2.35. The van der Waals surface area contributed by atoms with E-state index in [0.29, 0.717) is 0 Å². The maximum Gasteiger partial charge on any atom is 0.524 e. The van der Waals surface area contributed by atoms with Crippen molar-refractivity contribution in [1.29, 1.82) is 0 Å². The predicted octanol–water partition coefficient (Wildman–Crippen LogP) is 0.936. The van der Waals surface area contributed by atoms with Crippen LogP contribution < -0.4 is 5.48 Å². The Kier molecular flexibility index (Phi) is 2.12. The number of halogens is 3. The molecule has 1 saturated heterocycles. The SMILES string of the molecule is FC(F)(F)OC1C[CH]NO1. The molecule has 1 atom stereocenters. The minimum Gasteiger partial charge on any atom is -0.269 e. The van der Waals surface area contributed by atoms with Crippen molar-refractivity contribution in [3.05, 3.63) is 6.54 Å². The van der Waals surface area contributed by atoms with Crippen LogP contribution in [0.3, 0.4) is 0 Å². The molecule has 6 heteroatoms. The van der Waals surface area contributed by atoms with Crippen molar-refractivity contribution < 1.29 is 22.7 Å². The van der Waals surface area contributed by atoms with E-state index in [9.17, 15) is 13.2 Å². The van der Waals surface area contributed by atoms with Gasteiger partial charge in [-0.3, -0.25) is 9.57 Å². The Morgan fingerprint density at radius 3 is 2.70 bits per heavy atom. The Labute approximate surface area is 55.1 Å². The van der Waals surface area contributed by atoms with Crippen LogP contribution in [0.25, 0.3) is 0 Å². The van der Waals surface area contributed by atoms with Gasteiger partial charge in [0.25, 0.3) is 0 Å². The average molecular weight is 156 g/mol. The Morgan fingerprint density at radius 2 is 2.30 bits per heavy atom. The van der Waals surface area contributed by atoms with E-state index in [4.69, 9.17) is 0 Å². The lowest BCUT2D eigenvalue weighted by Crippen LogP contribution is -2.23. The van der Waals surface area contributed by atoms with Crippen LogP contribution in [0.15, 0.2) is 0 Å². The first kappa shape index (κ1) is 7.77. The van der Waals surface area contributed by atoms with E-state index in [1.165, 1.54) is 6.54 Å². The molecule has 1 unspecified atom stereocenters. The molecule has 0 bridgehead atoms. The Hall–Kier alpha value is -0.330. The molecule has 1 N–H and O–H groups in total. The molecule has 1 aliphatic heterocycles. The molecule has 1 aliphatic rings. The van der Waals surface area contributed by atoms with Crippen molar-refractivity contribution in [2.24, 2.45) is 0 Å². The number of alkyl halides is 3. The van der Waals surface area contributed by atoms with Gasteiger partial charge in [0.15, 0.2) is 6.29 Å². The molecule has 1 rings (SSSR count). The highest BCUT2D eigenvalue weighted by molar-refractivity contribution is 4.65. The van der Waals surface area contributed by atoms with Crippen molar-refractivity contribution >= 4 is 0 Å². The molecule has 0 aromatic heterocycles. The number of rotatable bonds is 1. The molecule has 0 saturated carbocycles. The Morgan fingerprint density at radius 1 is 1.60 bits per heavy atom. The molecule has 0 aromatic carbocycles. The lowest BCUT2D eigenvalue weighted by Gasteiger charge is -2.11. The van der Waals surface area contributed by atoms with Crippen LogP contribution in [0.5, 0.6) is 0 Å². The summed E-state index contributed by atoms with van der Waals surface area (Å²) in [4.78, 5) is 4.28. The Bertz CT molecular complexity index is 110. The molecule has 0 aromatic rings. The summed E-state index contributed by atoms with van der Waals surface area (Å²) in [6.07, 6.45) is -5.76. The van der Waals surface area contributed by atoms with Crippen molar-refractivity contribution in [3.63, 3.8) is 0 Å². The molecule has 10 heavy (non-hydrogen) atoms. The van der Waals surface area contributed by atoms with Crippen LogP contribution in [0, 0.1) is 6.54 Å². The summed E-state index contributed by atoms with van der Waals surface area (Å²) in [6.45, 7) is 1.34. The van der Waals surface area contributed by atoms with Gasteiger partial charge in [0.05, 0.1) is 6.54 Å². The summed E-state index contributed by atoms with van der Waals surface area (Å²) in [6, 6.07) is 0. The second kappa shape index (κ2) is 2.73. The van der Waals surface area contributed by atoms with Gasteiger partial charge in [-0.15, -0.1) is 13.2 Å². The zero-order valence-electron chi connectivity index (χ0n) is 4.81. The van der Waals surface area contributed by atoms with Crippen molar-refractivity contribution in [2.45, 2.75) is 19.1 Å². The van der Waals surface area contributed by atoms with Gasteiger partial charge in [-0.05, 0) is 0 Å². The van der Waals surface area contributed by atoms with E-state index in [1.807, 2.05) is 0 Å². The first-order valence-corrected chi connectivity index (χ1v) is 2.55. The zero-order chi connectivity index (χ0) is 7.61. The maximum absolute atomic E-state index is 11.4. The largest absolute Gasteiger partial charge is 0.524 e. The molecule has 59 valence electrons. The second-order valence-corrected chi connectivity index (χ2v) is 1.67. The Balaban J connectivity index is 2.24. The monoisotopic (exact) mass is 156 g/mol.